The van der Waals surface area contributed by atoms with E-state index in [0.29, 0.717) is 84.5 Å². The zero-order valence-electron chi connectivity index (χ0n) is 62.5. The topological polar surface area (TPSA) is 426 Å². The van der Waals surface area contributed by atoms with E-state index in [-0.39, 0.29) is 96.8 Å². The maximum absolute atomic E-state index is 12.1. The molecule has 0 aliphatic heterocycles. The molecule has 5 heterocycles. The number of nitrogens with one attached hydrogen (secondary N) is 5. The van der Waals surface area contributed by atoms with Crippen LogP contribution in [0.2, 0.25) is 0 Å². The average Bonchev–Trinajstić information content (AvgIpc) is 0.799. The van der Waals surface area contributed by atoms with Crippen molar-refractivity contribution >= 4 is 0 Å². The number of phenolic OH excluding ortho intramolecular Hbond substituents is 12. The van der Waals surface area contributed by atoms with Crippen LogP contribution in [0.5, 0.6) is 80.5 Å². The Bertz CT molecular complexity index is 5970. The highest BCUT2D eigenvalue weighted by Crippen LogP contribution is 2.38. The second-order valence-corrected chi connectivity index (χ2v) is 26.5. The van der Waals surface area contributed by atoms with Gasteiger partial charge in [-0.25, -0.2) is 0 Å². The summed E-state index contributed by atoms with van der Waals surface area (Å²) in [5.41, 5.74) is 15.3. The number of aromatic nitrogens is 5. The first kappa shape index (κ1) is 80.2. The third-order valence-electron chi connectivity index (χ3n) is 18.3. The number of H-pyrrole nitrogens is 5. The van der Waals surface area contributed by atoms with Crippen LogP contribution in [0.1, 0.15) is 22.3 Å². The molecule has 0 spiro atoms. The third-order valence-corrected chi connectivity index (χ3v) is 18.3. The molecular weight excluding hydrogens is 1470 g/mol. The molecule has 15 rings (SSSR count). The van der Waals surface area contributed by atoms with Crippen LogP contribution in [0, 0.1) is 27.7 Å². The van der Waals surface area contributed by atoms with Gasteiger partial charge in [0.15, 0.2) is 46.0 Å². The van der Waals surface area contributed by atoms with Gasteiger partial charge in [0.2, 0.25) is 27.8 Å². The summed E-state index contributed by atoms with van der Waals surface area (Å²) in [5.74, 6) is 0.861. The summed E-state index contributed by atoms with van der Waals surface area (Å²) in [4.78, 5) is 73.6. The van der Waals surface area contributed by atoms with Crippen molar-refractivity contribution < 1.29 is 70.8 Å². The minimum atomic E-state index is -0.301. The predicted molar refractivity (Wildman–Crippen MR) is 442 cm³/mol. The monoisotopic (exact) mass is 1540 g/mol. The first-order valence-electron chi connectivity index (χ1n) is 35.2. The van der Waals surface area contributed by atoms with Crippen LogP contribution in [-0.2, 0) is 0 Å². The predicted octanol–water partition coefficient (Wildman–Crippen LogP) is 16.3. The lowest BCUT2D eigenvalue weighted by Gasteiger charge is -2.11. The Labute approximate surface area is 655 Å². The van der Waals surface area contributed by atoms with Crippen LogP contribution in [-0.4, -0.2) is 100 Å². The molecule has 0 unspecified atom stereocenters. The van der Waals surface area contributed by atoms with Crippen molar-refractivity contribution in [3.63, 3.8) is 0 Å². The van der Waals surface area contributed by atoms with Gasteiger partial charge in [0.25, 0.3) is 0 Å². The molecule has 5 aromatic heterocycles. The van der Waals surface area contributed by atoms with E-state index in [1.807, 2.05) is 37.3 Å². The zero-order chi connectivity index (χ0) is 82.5. The number of phenols is 12. The van der Waals surface area contributed by atoms with Crippen LogP contribution in [0.25, 0.3) is 112 Å². The molecule has 115 heavy (non-hydrogen) atoms. The molecule has 0 aliphatic carbocycles. The average molecular weight is 1540 g/mol. The Morgan fingerprint density at radius 2 is 0.426 bits per heavy atom. The SMILES string of the molecule is COc1ccc(-c2cc(-c3ccc(O)c(O)c3)cc(=O)[nH]2)cc1OC.Cc1cc(-c2cc(-c3ccc(O)c(O)c3)cc(=O)[nH]2)ccc1O.Cc1cc(-c2cc(-c3ccc(O)cc3)cc(=O)[nH]2)ccc1O.Cc1ccc(-c2cc(-c3ccc(O)c(O)c3)cc(=O)[nH]2)cc1O.Cc1ccc(-c2cc(-c3ccc(O)cc3)cc(=O)[nH]2)cc1O. The number of hydrogen-bond donors (Lipinski definition) is 17. The van der Waals surface area contributed by atoms with Crippen molar-refractivity contribution in [2.75, 3.05) is 14.2 Å². The molecule has 24 heteroatoms. The highest BCUT2D eigenvalue weighted by atomic mass is 16.5. The molecule has 0 aliphatic rings. The lowest BCUT2D eigenvalue weighted by atomic mass is 10.0. The fourth-order valence-electron chi connectivity index (χ4n) is 11.9. The standard InChI is InChI=1S/C19H17NO5.2C18H15NO4.2C18H15NO3/c1-24-17-6-4-12(9-18(17)25-2)14-7-13(10-19(23)20-14)11-3-5-15(21)16(22)8-11;1-10-6-12(3-4-15(10)20)14-7-13(9-18(23)19-14)11-2-5-16(21)17(22)8-11;1-10-2-3-12(8-16(10)21)14-6-13(9-18(23)19-14)11-4-5-15(20)17(22)7-11;1-11-8-13(4-7-17(11)21)16-9-14(10-18(22)19-16)12-2-5-15(20)6-3-12;1-11-2-3-13(9-17(11)21)16-8-14(10-18(22)19-16)12-4-6-15(20)7-5-12/h3-10,21-22H,1-2H3,(H,20,23);2*2-9,20-22H,1H3,(H,19,23);2*2-10,20-21H,1H3,(H,19,22). The summed E-state index contributed by atoms with van der Waals surface area (Å²) in [7, 11) is 3.09. The third kappa shape index (κ3) is 20.2. The molecule has 0 radical (unpaired) electrons. The number of methoxy groups -OCH3 is 2. The molecule has 0 saturated heterocycles. The number of aromatic hydroxyl groups is 12. The molecular formula is C91H77N5O19. The second kappa shape index (κ2) is 35.2. The van der Waals surface area contributed by atoms with E-state index in [2.05, 4.69) is 24.9 Å². The summed E-state index contributed by atoms with van der Waals surface area (Å²) in [6.07, 6.45) is 0. The first-order chi connectivity index (χ1) is 54.9. The van der Waals surface area contributed by atoms with Gasteiger partial charge in [0.1, 0.15) is 34.5 Å². The molecule has 0 saturated carbocycles. The quantitative estimate of drug-likeness (QED) is 0.0505. The maximum Gasteiger partial charge on any atom is 0.249 e. The van der Waals surface area contributed by atoms with Gasteiger partial charge < -0.3 is 95.7 Å². The van der Waals surface area contributed by atoms with Crippen molar-refractivity contribution in [2.45, 2.75) is 27.7 Å². The van der Waals surface area contributed by atoms with Gasteiger partial charge in [-0.3, -0.25) is 24.0 Å². The molecule has 17 N–H and O–H groups in total. The van der Waals surface area contributed by atoms with Gasteiger partial charge in [-0.1, -0.05) is 66.7 Å². The highest BCUT2D eigenvalue weighted by Gasteiger charge is 2.16. The smallest absolute Gasteiger partial charge is 0.249 e. The first-order valence-corrected chi connectivity index (χ1v) is 35.2. The van der Waals surface area contributed by atoms with Crippen molar-refractivity contribution in [3.05, 3.63) is 329 Å². The van der Waals surface area contributed by atoms with Crippen LogP contribution in [0.15, 0.2) is 279 Å². The lowest BCUT2D eigenvalue weighted by molar-refractivity contribution is 0.355. The van der Waals surface area contributed by atoms with Gasteiger partial charge in [-0.2, -0.15) is 0 Å². The number of rotatable bonds is 12. The number of aryl methyl sites for hydroxylation is 4. The van der Waals surface area contributed by atoms with Gasteiger partial charge in [-0.05, 0) is 274 Å². The highest BCUT2D eigenvalue weighted by molar-refractivity contribution is 5.78. The van der Waals surface area contributed by atoms with Crippen LogP contribution in [0.3, 0.4) is 0 Å². The van der Waals surface area contributed by atoms with E-state index >= 15 is 0 Å². The summed E-state index contributed by atoms with van der Waals surface area (Å²) < 4.78 is 10.5. The van der Waals surface area contributed by atoms with E-state index in [1.54, 1.807) is 193 Å². The largest absolute Gasteiger partial charge is 0.508 e. The molecule has 0 atom stereocenters. The van der Waals surface area contributed by atoms with Gasteiger partial charge in [0.05, 0.1) is 14.2 Å². The molecule has 0 fully saturated rings. The van der Waals surface area contributed by atoms with E-state index in [4.69, 9.17) is 9.47 Å². The van der Waals surface area contributed by atoms with Gasteiger partial charge in [0, 0.05) is 75.5 Å². The van der Waals surface area contributed by atoms with Crippen molar-refractivity contribution in [1.82, 2.24) is 24.9 Å². The van der Waals surface area contributed by atoms with Crippen molar-refractivity contribution in [1.29, 1.82) is 0 Å². The Hall–Kier alpha value is -15.9. The van der Waals surface area contributed by atoms with Gasteiger partial charge in [-0.15, -0.1) is 0 Å². The Morgan fingerprint density at radius 1 is 0.191 bits per heavy atom. The van der Waals surface area contributed by atoms with E-state index in [9.17, 15) is 85.3 Å². The summed E-state index contributed by atoms with van der Waals surface area (Å²) in [6.45, 7) is 7.19. The number of ether oxygens (including phenoxy) is 2. The number of pyridine rings is 5. The number of benzene rings is 10. The maximum atomic E-state index is 12.1. The van der Waals surface area contributed by atoms with E-state index in [1.165, 1.54) is 66.7 Å². The molecule has 0 amide bonds. The van der Waals surface area contributed by atoms with Crippen molar-refractivity contribution in [2.24, 2.45) is 0 Å². The molecule has 0 bridgehead atoms. The normalized spacial score (nSPS) is 10.6. The zero-order valence-corrected chi connectivity index (χ0v) is 62.5. The number of aromatic amines is 5. The summed E-state index contributed by atoms with van der Waals surface area (Å²) in [6, 6.07) is 68.8. The minimum Gasteiger partial charge on any atom is -0.508 e. The summed E-state index contributed by atoms with van der Waals surface area (Å²) >= 11 is 0. The Kier molecular flexibility index (Phi) is 24.6. The lowest BCUT2D eigenvalue weighted by Crippen LogP contribution is -2.06. The number of hydrogen-bond acceptors (Lipinski definition) is 19. The Morgan fingerprint density at radius 3 is 0.704 bits per heavy atom. The molecule has 10 aromatic carbocycles. The molecule has 24 nitrogen and oxygen atoms in total. The minimum absolute atomic E-state index is 0.149. The van der Waals surface area contributed by atoms with Crippen molar-refractivity contribution in [3.8, 4) is 192 Å². The fraction of sp³-hybridized carbons (Fsp3) is 0.0659. The Balaban J connectivity index is 0.000000142. The van der Waals surface area contributed by atoms with Crippen LogP contribution < -0.4 is 37.3 Å². The van der Waals surface area contributed by atoms with Gasteiger partial charge >= 0.3 is 0 Å². The van der Waals surface area contributed by atoms with E-state index in [0.717, 1.165) is 61.2 Å². The molecule has 15 aromatic rings. The van der Waals surface area contributed by atoms with Crippen LogP contribution in [0.4, 0.5) is 0 Å². The second-order valence-electron chi connectivity index (χ2n) is 26.5. The van der Waals surface area contributed by atoms with E-state index < -0.39 is 0 Å². The fourth-order valence-corrected chi connectivity index (χ4v) is 11.9. The molecule has 580 valence electrons. The summed E-state index contributed by atoms with van der Waals surface area (Å²) in [5, 5.41) is 115. The van der Waals surface area contributed by atoms with Crippen LogP contribution >= 0.6 is 0 Å².